The van der Waals surface area contributed by atoms with Crippen LogP contribution < -0.4 is 14.8 Å². The number of anilines is 1. The highest BCUT2D eigenvalue weighted by atomic mass is 16.5. The molecule has 5 aromatic rings. The number of methoxy groups -OCH3 is 2. The fraction of sp³-hybridized carbons (Fsp3) is 0.125. The summed E-state index contributed by atoms with van der Waals surface area (Å²) in [5, 5.41) is 6.67. The number of hydrogen-bond donors (Lipinski definition) is 1. The summed E-state index contributed by atoms with van der Waals surface area (Å²) in [6.45, 7) is 0.926. The highest BCUT2D eigenvalue weighted by Crippen LogP contribution is 2.26. The van der Waals surface area contributed by atoms with E-state index in [9.17, 15) is 4.79 Å². The van der Waals surface area contributed by atoms with Crippen molar-refractivity contribution >= 4 is 39.4 Å². The quantitative estimate of drug-likeness (QED) is 0.224. The van der Waals surface area contributed by atoms with E-state index >= 15 is 0 Å². The number of pyridine rings is 1. The maximum Gasteiger partial charge on any atom is 0.337 e. The molecule has 0 saturated carbocycles. The van der Waals surface area contributed by atoms with Gasteiger partial charge in [0.2, 0.25) is 0 Å². The van der Waals surface area contributed by atoms with Crippen LogP contribution in [0.4, 0.5) is 5.69 Å². The minimum Gasteiger partial charge on any atom is -0.497 e. The number of ether oxygens (including phenoxy) is 3. The molecule has 1 N–H and O–H groups in total. The van der Waals surface area contributed by atoms with Crippen LogP contribution in [0.25, 0.3) is 27.8 Å². The molecular formula is C32H28N2O4. The minimum absolute atomic E-state index is 0.359. The molecule has 6 heteroatoms. The highest BCUT2D eigenvalue weighted by Gasteiger charge is 2.08. The highest BCUT2D eigenvalue weighted by molar-refractivity contribution is 5.90. The Labute approximate surface area is 221 Å². The van der Waals surface area contributed by atoms with Crippen molar-refractivity contribution in [3.05, 3.63) is 114 Å². The average molecular weight is 505 g/mol. The van der Waals surface area contributed by atoms with Crippen molar-refractivity contribution in [3.63, 3.8) is 0 Å². The van der Waals surface area contributed by atoms with Gasteiger partial charge in [-0.25, -0.2) is 4.79 Å². The fourth-order valence-corrected chi connectivity index (χ4v) is 4.25. The lowest BCUT2D eigenvalue weighted by Crippen LogP contribution is -2.12. The average Bonchev–Trinajstić information content (AvgIpc) is 2.98. The summed E-state index contributed by atoms with van der Waals surface area (Å²) in [6, 6.07) is 29.4. The summed E-state index contributed by atoms with van der Waals surface area (Å²) in [5.74, 6) is 1.26. The number of benzene rings is 4. The van der Waals surface area contributed by atoms with Crippen LogP contribution in [0.3, 0.4) is 0 Å². The molecule has 0 fully saturated rings. The van der Waals surface area contributed by atoms with E-state index in [2.05, 4.69) is 40.6 Å². The summed E-state index contributed by atoms with van der Waals surface area (Å²) in [5.41, 5.74) is 4.28. The molecule has 38 heavy (non-hydrogen) atoms. The van der Waals surface area contributed by atoms with Gasteiger partial charge in [0.25, 0.3) is 0 Å². The Morgan fingerprint density at radius 3 is 2.53 bits per heavy atom. The van der Waals surface area contributed by atoms with Crippen molar-refractivity contribution in [2.24, 2.45) is 0 Å². The molecular weight excluding hydrogens is 476 g/mol. The fourth-order valence-electron chi connectivity index (χ4n) is 4.25. The van der Waals surface area contributed by atoms with Crippen LogP contribution in [-0.2, 0) is 4.74 Å². The Bertz CT molecular complexity index is 1600. The standard InChI is InChI=1S/C32H28N2O4/c1-36-28-14-15-30-26(18-28)17-27(20-34-30)33-19-23(16-22-10-12-25(13-11-22)32(35)37-2)21-38-31-9-5-7-24-6-3-4-8-29(24)31/h3-18,20,33H,19,21H2,1-2H3/b23-16-. The predicted molar refractivity (Wildman–Crippen MR) is 152 cm³/mol. The number of fused-ring (bicyclic) bond motifs is 2. The molecule has 0 saturated heterocycles. The number of nitrogens with one attached hydrogen (secondary N) is 1. The lowest BCUT2D eigenvalue weighted by Gasteiger charge is -2.14. The topological polar surface area (TPSA) is 69.7 Å². The second-order valence-electron chi connectivity index (χ2n) is 8.82. The van der Waals surface area contributed by atoms with Gasteiger partial charge in [-0.05, 0) is 59.0 Å². The van der Waals surface area contributed by atoms with Gasteiger partial charge in [-0.2, -0.15) is 0 Å². The van der Waals surface area contributed by atoms with Crippen LogP contribution in [0.1, 0.15) is 15.9 Å². The number of nitrogens with zero attached hydrogens (tertiary/aromatic N) is 1. The van der Waals surface area contributed by atoms with Crippen molar-refractivity contribution in [3.8, 4) is 11.5 Å². The summed E-state index contributed by atoms with van der Waals surface area (Å²) >= 11 is 0. The van der Waals surface area contributed by atoms with E-state index in [1.807, 2.05) is 60.8 Å². The zero-order valence-corrected chi connectivity index (χ0v) is 21.3. The van der Waals surface area contributed by atoms with Crippen molar-refractivity contribution < 1.29 is 19.0 Å². The van der Waals surface area contributed by atoms with Crippen LogP contribution >= 0.6 is 0 Å². The molecule has 5 rings (SSSR count). The molecule has 0 radical (unpaired) electrons. The Balaban J connectivity index is 1.39. The van der Waals surface area contributed by atoms with Crippen molar-refractivity contribution in [2.75, 3.05) is 32.7 Å². The van der Waals surface area contributed by atoms with Gasteiger partial charge in [-0.3, -0.25) is 4.98 Å². The van der Waals surface area contributed by atoms with Crippen LogP contribution in [0.5, 0.6) is 11.5 Å². The molecule has 0 amide bonds. The third-order valence-electron chi connectivity index (χ3n) is 6.27. The molecule has 0 bridgehead atoms. The summed E-state index contributed by atoms with van der Waals surface area (Å²) in [7, 11) is 3.03. The van der Waals surface area contributed by atoms with Crippen molar-refractivity contribution in [2.45, 2.75) is 0 Å². The van der Waals surface area contributed by atoms with Crippen LogP contribution in [0.15, 0.2) is 103 Å². The lowest BCUT2D eigenvalue weighted by atomic mass is 10.1. The van der Waals surface area contributed by atoms with Crippen LogP contribution in [0, 0.1) is 0 Å². The molecule has 0 spiro atoms. The summed E-state index contributed by atoms with van der Waals surface area (Å²) in [6.07, 6.45) is 3.89. The Morgan fingerprint density at radius 1 is 0.895 bits per heavy atom. The van der Waals surface area contributed by atoms with E-state index in [0.717, 1.165) is 50.0 Å². The maximum absolute atomic E-state index is 11.8. The molecule has 0 aliphatic carbocycles. The van der Waals surface area contributed by atoms with Crippen LogP contribution in [-0.4, -0.2) is 38.3 Å². The van der Waals surface area contributed by atoms with Gasteiger partial charge in [-0.15, -0.1) is 0 Å². The second kappa shape index (κ2) is 11.5. The largest absolute Gasteiger partial charge is 0.497 e. The second-order valence-corrected chi connectivity index (χ2v) is 8.82. The molecule has 1 heterocycles. The Hall–Kier alpha value is -4.84. The third-order valence-corrected chi connectivity index (χ3v) is 6.27. The number of carbonyl (C=O) groups is 1. The molecule has 190 valence electrons. The van der Waals surface area contributed by atoms with Gasteiger partial charge < -0.3 is 19.5 Å². The van der Waals surface area contributed by atoms with Gasteiger partial charge in [-0.1, -0.05) is 54.6 Å². The van der Waals surface area contributed by atoms with Gasteiger partial charge >= 0.3 is 5.97 Å². The molecule has 4 aromatic carbocycles. The zero-order valence-electron chi connectivity index (χ0n) is 21.3. The first-order valence-corrected chi connectivity index (χ1v) is 12.3. The minimum atomic E-state index is -0.359. The third kappa shape index (κ3) is 5.76. The van der Waals surface area contributed by atoms with Gasteiger partial charge in [0.1, 0.15) is 18.1 Å². The summed E-state index contributed by atoms with van der Waals surface area (Å²) < 4.78 is 16.5. The van der Waals surface area contributed by atoms with E-state index in [1.165, 1.54) is 7.11 Å². The number of hydrogen-bond acceptors (Lipinski definition) is 6. The Kier molecular flexibility index (Phi) is 7.50. The zero-order chi connectivity index (χ0) is 26.3. The molecule has 0 atom stereocenters. The first-order chi connectivity index (χ1) is 18.6. The smallest absolute Gasteiger partial charge is 0.337 e. The number of rotatable bonds is 9. The molecule has 1 aromatic heterocycles. The van der Waals surface area contributed by atoms with Gasteiger partial charge in [0.15, 0.2) is 0 Å². The number of carbonyl (C=O) groups excluding carboxylic acids is 1. The normalized spacial score (nSPS) is 11.4. The van der Waals surface area contributed by atoms with E-state index in [4.69, 9.17) is 14.2 Å². The van der Waals surface area contributed by atoms with E-state index in [-0.39, 0.29) is 5.97 Å². The predicted octanol–water partition coefficient (Wildman–Crippen LogP) is 6.76. The van der Waals surface area contributed by atoms with Crippen molar-refractivity contribution in [1.82, 2.24) is 4.98 Å². The Morgan fingerprint density at radius 2 is 1.71 bits per heavy atom. The van der Waals surface area contributed by atoms with Gasteiger partial charge in [0.05, 0.1) is 37.2 Å². The molecule has 6 nitrogen and oxygen atoms in total. The molecule has 0 aliphatic rings. The van der Waals surface area contributed by atoms with E-state index < -0.39 is 0 Å². The number of esters is 1. The SMILES string of the molecule is COC(=O)c1ccc(/C=C(/CNc2cnc3ccc(OC)cc3c2)COc2cccc3ccccc23)cc1. The van der Waals surface area contributed by atoms with Crippen molar-refractivity contribution in [1.29, 1.82) is 0 Å². The monoisotopic (exact) mass is 504 g/mol. The number of aromatic nitrogens is 1. The van der Waals surface area contributed by atoms with E-state index in [1.54, 1.807) is 19.2 Å². The molecule has 0 aliphatic heterocycles. The lowest BCUT2D eigenvalue weighted by molar-refractivity contribution is 0.0600. The first-order valence-electron chi connectivity index (χ1n) is 12.3. The maximum atomic E-state index is 11.8. The van der Waals surface area contributed by atoms with E-state index in [0.29, 0.717) is 18.7 Å². The summed E-state index contributed by atoms with van der Waals surface area (Å²) in [4.78, 5) is 16.4. The molecule has 0 unspecified atom stereocenters. The van der Waals surface area contributed by atoms with Gasteiger partial charge in [0, 0.05) is 17.3 Å². The van der Waals surface area contributed by atoms with Crippen LogP contribution in [0.2, 0.25) is 0 Å². The first kappa shape index (κ1) is 24.8.